The monoisotopic (exact) mass is 2080 g/mol. The first-order valence-electron chi connectivity index (χ1n) is 45.7. The predicted molar refractivity (Wildman–Crippen MR) is 518 cm³/mol. The summed E-state index contributed by atoms with van der Waals surface area (Å²) in [6, 6.07) is 0. The Morgan fingerprint density at radius 2 is 0.333 bits per heavy atom. The number of nitrogens with one attached hydrogen (secondary N) is 2. The molecule has 47 heteroatoms. The molecule has 0 spiro atoms. The summed E-state index contributed by atoms with van der Waals surface area (Å²) < 4.78 is 118. The molecule has 810 valence electrons. The Morgan fingerprint density at radius 3 is 0.503 bits per heavy atom. The Balaban J connectivity index is 3.77. The quantitative estimate of drug-likeness (QED) is 0.0350. The summed E-state index contributed by atoms with van der Waals surface area (Å²) in [5, 5.41) is 5.16. The molecule has 0 saturated carbocycles. The number of alkyl carbamates (subject to hydrolysis) is 2. The highest BCUT2D eigenvalue weighted by Gasteiger charge is 2.45. The molecule has 1 aromatic heterocycles. The van der Waals surface area contributed by atoms with E-state index in [-0.39, 0.29) is 77.7 Å². The van der Waals surface area contributed by atoms with Crippen LogP contribution in [0, 0.1) is 32.5 Å². The smallest absolute Gasteiger partial charge is 0.407 e. The Hall–Kier alpha value is -15.6. The van der Waals surface area contributed by atoms with Gasteiger partial charge < -0.3 is 110 Å². The second-order valence-corrected chi connectivity index (χ2v) is 33.0. The van der Waals surface area contributed by atoms with Gasteiger partial charge in [-0.25, -0.2) is 110 Å². The molecule has 0 atom stereocenters. The van der Waals surface area contributed by atoms with E-state index in [1.54, 1.807) is 0 Å². The summed E-state index contributed by atoms with van der Waals surface area (Å²) in [6.07, 6.45) is 13.9. The molecule has 2 amide bonds. The molecule has 2 N–H and O–H groups in total. The van der Waals surface area contributed by atoms with E-state index >= 15 is 0 Å². The highest BCUT2D eigenvalue weighted by atomic mass is 16.6. The fourth-order valence-corrected chi connectivity index (χ4v) is 12.2. The van der Waals surface area contributed by atoms with E-state index in [0.717, 1.165) is 105 Å². The minimum Gasteiger partial charge on any atom is -0.465 e. The highest BCUT2D eigenvalue weighted by molar-refractivity contribution is 5.87. The second-order valence-electron chi connectivity index (χ2n) is 33.0. The van der Waals surface area contributed by atoms with Gasteiger partial charge in [-0.3, -0.25) is 4.79 Å². The van der Waals surface area contributed by atoms with Crippen LogP contribution in [0.1, 0.15) is 89.9 Å². The summed E-state index contributed by atoms with van der Waals surface area (Å²) in [4.78, 5) is 270. The van der Waals surface area contributed by atoms with E-state index in [9.17, 15) is 101 Å². The number of unbranched alkanes of at least 4 members (excludes halogenated alkanes) is 10. The van der Waals surface area contributed by atoms with Crippen molar-refractivity contribution in [3.63, 3.8) is 0 Å². The van der Waals surface area contributed by atoms with E-state index in [0.29, 0.717) is 44.9 Å². The number of nitrogens with zero attached hydrogens (tertiary/aromatic N) is 3. The zero-order chi connectivity index (χ0) is 110. The van der Waals surface area contributed by atoms with Gasteiger partial charge in [-0.05, 0) is 38.5 Å². The number of hydrogen-bond acceptors (Lipinski definition) is 42. The maximum atomic E-state index is 14.4. The van der Waals surface area contributed by atoms with Gasteiger partial charge in [0.05, 0.1) is 72.1 Å². The van der Waals surface area contributed by atoms with E-state index in [4.69, 9.17) is 99.5 Å². The van der Waals surface area contributed by atoms with E-state index in [1.807, 2.05) is 0 Å². The summed E-state index contributed by atoms with van der Waals surface area (Å²) in [7, 11) is 0. The van der Waals surface area contributed by atoms with Gasteiger partial charge in [-0.15, -0.1) is 0 Å². The number of amides is 2. The van der Waals surface area contributed by atoms with E-state index in [2.05, 4.69) is 109 Å². The van der Waals surface area contributed by atoms with Gasteiger partial charge in [-0.1, -0.05) is 144 Å². The lowest BCUT2D eigenvalue weighted by Crippen LogP contribution is -2.54. The lowest BCUT2D eigenvalue weighted by molar-refractivity contribution is -0.173. The normalized spacial score (nSPS) is 11.0. The number of hydrogen-bond donors (Lipinski definition) is 2. The Bertz CT molecular complexity index is 4190. The van der Waals surface area contributed by atoms with Crippen molar-refractivity contribution in [3.05, 3.63) is 221 Å². The molecule has 0 aliphatic heterocycles. The summed E-state index contributed by atoms with van der Waals surface area (Å²) in [5.74, 6) is -15.0. The molecule has 0 radical (unpaired) electrons. The van der Waals surface area contributed by atoms with Crippen molar-refractivity contribution in [3.8, 4) is 0 Å². The maximum Gasteiger partial charge on any atom is 0.407 e. The van der Waals surface area contributed by atoms with Gasteiger partial charge in [0.2, 0.25) is 0 Å². The van der Waals surface area contributed by atoms with Crippen LogP contribution in [0.2, 0.25) is 0 Å². The fraction of sp³-hybridized carbons (Fsp3) is 0.490. The Morgan fingerprint density at radius 1 is 0.190 bits per heavy atom. The molecule has 1 aromatic rings. The molecule has 147 heavy (non-hydrogen) atoms. The Kier molecular flexibility index (Phi) is 64.0. The summed E-state index contributed by atoms with van der Waals surface area (Å²) >= 11 is 0. The third kappa shape index (κ3) is 53.6. The largest absolute Gasteiger partial charge is 0.465 e. The molecule has 0 unspecified atom stereocenters. The lowest BCUT2D eigenvalue weighted by Gasteiger charge is -2.35. The first-order chi connectivity index (χ1) is 70.1. The second kappa shape index (κ2) is 72.7. The standard InChI is InChI=1S/C100H133N5O42/c1-16-74(106)130-56-95(57-131-75(107)17-2,58-132-76(108)18-3)50-127-53-98(65-139-83(115)25-10,66-140-84(116)26-11)71-145-89(121)44-38-32-31-35-41-47-103-92(124)104(48-42-36-33-39-45-101-90(122)146-72-99(67-141-85(117)27-12,68-142-86(118)28-13)54-128-51-96(59-133-77(109)19-4,60-134-78(110)20-5)61-135-79(111)21-6)94(126)105(93(103)125)49-43-37-34-40-46-102-91(123)147-73-100(69-143-87(119)29-14,70-144-88(120)30-15)55-129-52-97(62-136-80(112)22-7,63-137-81(113)23-8)64-138-82(114)24-9/h16-30H,1-15,31-73H2,(H,101,122)(H,102,123). The van der Waals surface area contributed by atoms with Crippen LogP contribution in [-0.2, 0) is 196 Å². The molecule has 0 aliphatic carbocycles. The van der Waals surface area contributed by atoms with Crippen molar-refractivity contribution in [1.29, 1.82) is 0 Å². The Labute approximate surface area is 849 Å². The van der Waals surface area contributed by atoms with Crippen LogP contribution in [0.25, 0.3) is 0 Å². The van der Waals surface area contributed by atoms with E-state index in [1.165, 1.54) is 0 Å². The van der Waals surface area contributed by atoms with Gasteiger partial charge in [0.25, 0.3) is 0 Å². The van der Waals surface area contributed by atoms with Gasteiger partial charge in [0.15, 0.2) is 0 Å². The average Bonchev–Trinajstić information content (AvgIpc) is 0.781. The minimum atomic E-state index is -1.76. The van der Waals surface area contributed by atoms with Gasteiger partial charge >= 0.3 is 125 Å². The molecule has 0 aliphatic rings. The first kappa shape index (κ1) is 129. The van der Waals surface area contributed by atoms with E-state index < -0.39 is 316 Å². The molecule has 47 nitrogen and oxygen atoms in total. The first-order valence-corrected chi connectivity index (χ1v) is 45.7. The van der Waals surface area contributed by atoms with Crippen molar-refractivity contribution < 1.29 is 186 Å². The van der Waals surface area contributed by atoms with Crippen LogP contribution in [0.4, 0.5) is 9.59 Å². The van der Waals surface area contributed by atoms with Crippen LogP contribution >= 0.6 is 0 Å². The molecular formula is C100H133N5O42. The molecule has 0 bridgehead atoms. The van der Waals surface area contributed by atoms with Crippen LogP contribution in [0.15, 0.2) is 204 Å². The van der Waals surface area contributed by atoms with Crippen LogP contribution in [0.5, 0.6) is 0 Å². The van der Waals surface area contributed by atoms with Crippen molar-refractivity contribution in [2.75, 3.05) is 172 Å². The number of aromatic nitrogens is 3. The predicted octanol–water partition coefficient (Wildman–Crippen LogP) is 5.53. The number of esters is 16. The zero-order valence-electron chi connectivity index (χ0n) is 82.7. The highest BCUT2D eigenvalue weighted by Crippen LogP contribution is 2.31. The van der Waals surface area contributed by atoms with Crippen molar-refractivity contribution in [2.24, 2.45) is 32.5 Å². The number of carbonyl (C=O) groups excluding carboxylic acids is 18. The lowest BCUT2D eigenvalue weighted by atomic mass is 9.90. The molecule has 1 rings (SSSR count). The van der Waals surface area contributed by atoms with Gasteiger partial charge in [-0.2, -0.15) is 0 Å². The fourth-order valence-electron chi connectivity index (χ4n) is 12.2. The van der Waals surface area contributed by atoms with Crippen molar-refractivity contribution >= 4 is 108 Å². The van der Waals surface area contributed by atoms with Crippen molar-refractivity contribution in [1.82, 2.24) is 24.3 Å². The topological polar surface area (TPSA) is 591 Å². The summed E-state index contributed by atoms with van der Waals surface area (Å²) in [5.41, 5.74) is -13.1. The molecule has 1 heterocycles. The molecule has 0 fully saturated rings. The SMILES string of the molecule is C=CC(=O)OCC(COCC(COC(=O)C=C)(COC(=O)C=C)COC(=O)CCCCCCCn1c(=O)n(CCCCCCNC(=O)OCC(COCC(COC(=O)C=C)(COC(=O)C=C)COC(=O)C=C)(COC(=O)C=C)COC(=O)C=C)c(=O)n(CCCCCCNC(=O)OCC(COCC(COC(=O)C=C)(COC(=O)C=C)COC(=O)C=C)(COC(=O)C=C)COC(=O)C=C)c1=O)(COC(=O)C=C)COC(=O)C=C. The zero-order valence-corrected chi connectivity index (χ0v) is 82.7. The van der Waals surface area contributed by atoms with Crippen LogP contribution < -0.4 is 27.7 Å². The third-order valence-electron chi connectivity index (χ3n) is 20.6. The minimum absolute atomic E-state index is 0.0399. The molecular weight excluding hydrogens is 1940 g/mol. The van der Waals surface area contributed by atoms with Crippen LogP contribution in [0.3, 0.4) is 0 Å². The number of carbonyl (C=O) groups is 18. The third-order valence-corrected chi connectivity index (χ3v) is 20.6. The molecule has 0 aromatic carbocycles. The summed E-state index contributed by atoms with van der Waals surface area (Å²) in [6.45, 7) is 34.7. The molecule has 0 saturated heterocycles. The number of ether oxygens (including phenoxy) is 21. The van der Waals surface area contributed by atoms with Crippen LogP contribution in [-0.4, -0.2) is 293 Å². The van der Waals surface area contributed by atoms with Gasteiger partial charge in [0.1, 0.15) is 119 Å². The van der Waals surface area contributed by atoms with Crippen molar-refractivity contribution in [2.45, 2.75) is 110 Å². The maximum absolute atomic E-state index is 14.4. The number of rotatable bonds is 85. The average molecular weight is 2080 g/mol. The van der Waals surface area contributed by atoms with Gasteiger partial charge in [0, 0.05) is 130 Å².